The summed E-state index contributed by atoms with van der Waals surface area (Å²) in [5.41, 5.74) is 0.667. The van der Waals surface area contributed by atoms with Gasteiger partial charge in [0.15, 0.2) is 0 Å². The van der Waals surface area contributed by atoms with Crippen LogP contribution in [0.1, 0.15) is 25.7 Å². The molecule has 1 aliphatic rings. The summed E-state index contributed by atoms with van der Waals surface area (Å²) in [5, 5.41) is 3.52. The van der Waals surface area contributed by atoms with Gasteiger partial charge in [-0.05, 0) is 44.0 Å². The van der Waals surface area contributed by atoms with Crippen molar-refractivity contribution in [1.29, 1.82) is 0 Å². The minimum Gasteiger partial charge on any atom is -0.372 e. The lowest BCUT2D eigenvalue weighted by molar-refractivity contribution is 0.384. The number of rotatable bonds is 4. The van der Waals surface area contributed by atoms with Gasteiger partial charge in [-0.25, -0.2) is 4.39 Å². The number of anilines is 1. The fraction of sp³-hybridized carbons (Fsp3) is 0.571. The molecule has 1 aliphatic heterocycles. The number of piperidine rings is 1. The van der Waals surface area contributed by atoms with Gasteiger partial charge in [-0.3, -0.25) is 0 Å². The second-order valence-electron chi connectivity index (χ2n) is 4.95. The zero-order valence-corrected chi connectivity index (χ0v) is 12.3. The molecular weight excluding hydrogens is 295 g/mol. The molecule has 1 saturated heterocycles. The van der Waals surface area contributed by atoms with Gasteiger partial charge in [0.25, 0.3) is 0 Å². The molecule has 0 amide bonds. The van der Waals surface area contributed by atoms with E-state index >= 15 is 0 Å². The molecule has 0 saturated carbocycles. The lowest BCUT2D eigenvalue weighted by Crippen LogP contribution is -2.36. The van der Waals surface area contributed by atoms with Crippen molar-refractivity contribution in [1.82, 2.24) is 5.32 Å². The third kappa shape index (κ3) is 3.69. The smallest absolute Gasteiger partial charge is 0.146 e. The van der Waals surface area contributed by atoms with Gasteiger partial charge >= 0.3 is 0 Å². The van der Waals surface area contributed by atoms with E-state index in [1.165, 1.54) is 25.3 Å². The summed E-state index contributed by atoms with van der Waals surface area (Å²) in [5.74, 6) is -0.155. The molecule has 0 aliphatic carbocycles. The minimum atomic E-state index is -0.155. The molecule has 1 N–H and O–H groups in total. The van der Waals surface area contributed by atoms with Gasteiger partial charge in [-0.1, -0.05) is 22.4 Å². The molecule has 1 heterocycles. The lowest BCUT2D eigenvalue weighted by atomic mass is 10.0. The number of hydrogen-bond donors (Lipinski definition) is 1. The molecule has 0 aromatic heterocycles. The van der Waals surface area contributed by atoms with Gasteiger partial charge in [0.2, 0.25) is 0 Å². The van der Waals surface area contributed by atoms with Crippen molar-refractivity contribution in [3.63, 3.8) is 0 Å². The van der Waals surface area contributed by atoms with Crippen LogP contribution in [0.3, 0.4) is 0 Å². The number of nitrogens with one attached hydrogen (secondary N) is 1. The lowest BCUT2D eigenvalue weighted by Gasteiger charge is -2.27. The first-order valence-electron chi connectivity index (χ1n) is 6.56. The molecule has 0 bridgehead atoms. The van der Waals surface area contributed by atoms with Crippen LogP contribution in [-0.4, -0.2) is 26.2 Å². The van der Waals surface area contributed by atoms with Gasteiger partial charge < -0.3 is 10.2 Å². The Kier molecular flexibility index (Phi) is 5.01. The standard InChI is InChI=1S/C14H20BrFN2/c1-18(9-7-12-4-2-3-8-17-12)14-10-11(15)5-6-13(14)16/h5-6,10,12,17H,2-4,7-9H2,1H3. The van der Waals surface area contributed by atoms with Crippen molar-refractivity contribution in [3.8, 4) is 0 Å². The van der Waals surface area contributed by atoms with Crippen molar-refractivity contribution in [3.05, 3.63) is 28.5 Å². The third-order valence-electron chi connectivity index (χ3n) is 3.54. The summed E-state index contributed by atoms with van der Waals surface area (Å²) < 4.78 is 14.6. The average Bonchev–Trinajstić information content (AvgIpc) is 2.40. The fourth-order valence-corrected chi connectivity index (χ4v) is 2.77. The summed E-state index contributed by atoms with van der Waals surface area (Å²) >= 11 is 3.39. The molecule has 2 nitrogen and oxygen atoms in total. The van der Waals surface area contributed by atoms with Gasteiger partial charge in [0.1, 0.15) is 5.82 Å². The molecule has 100 valence electrons. The number of benzene rings is 1. The Morgan fingerprint density at radius 3 is 3.00 bits per heavy atom. The van der Waals surface area contributed by atoms with Crippen molar-refractivity contribution >= 4 is 21.6 Å². The summed E-state index contributed by atoms with van der Waals surface area (Å²) in [6.07, 6.45) is 4.91. The SMILES string of the molecule is CN(CCC1CCCCN1)c1cc(Br)ccc1F. The molecule has 1 aromatic carbocycles. The monoisotopic (exact) mass is 314 g/mol. The first-order valence-corrected chi connectivity index (χ1v) is 7.35. The van der Waals surface area contributed by atoms with Crippen LogP contribution in [0.15, 0.2) is 22.7 Å². The quantitative estimate of drug-likeness (QED) is 0.914. The van der Waals surface area contributed by atoms with Crippen LogP contribution in [0.4, 0.5) is 10.1 Å². The van der Waals surface area contributed by atoms with Crippen LogP contribution < -0.4 is 10.2 Å². The highest BCUT2D eigenvalue weighted by atomic mass is 79.9. The normalized spacial score (nSPS) is 19.8. The number of hydrogen-bond acceptors (Lipinski definition) is 2. The van der Waals surface area contributed by atoms with E-state index in [0.717, 1.165) is 24.0 Å². The Balaban J connectivity index is 1.90. The minimum absolute atomic E-state index is 0.155. The second-order valence-corrected chi connectivity index (χ2v) is 5.87. The van der Waals surface area contributed by atoms with Gasteiger partial charge in [0.05, 0.1) is 5.69 Å². The van der Waals surface area contributed by atoms with Crippen LogP contribution in [0, 0.1) is 5.82 Å². The molecule has 1 unspecified atom stereocenters. The molecular formula is C14H20BrFN2. The molecule has 0 radical (unpaired) electrons. The highest BCUT2D eigenvalue weighted by molar-refractivity contribution is 9.10. The van der Waals surface area contributed by atoms with Crippen LogP contribution in [0.25, 0.3) is 0 Å². The maximum absolute atomic E-state index is 13.7. The summed E-state index contributed by atoms with van der Waals surface area (Å²) in [7, 11) is 1.95. The molecule has 1 fully saturated rings. The first-order chi connectivity index (χ1) is 8.66. The van der Waals surface area contributed by atoms with E-state index in [-0.39, 0.29) is 5.82 Å². The number of nitrogens with zero attached hydrogens (tertiary/aromatic N) is 1. The van der Waals surface area contributed by atoms with Crippen molar-refractivity contribution in [2.75, 3.05) is 25.0 Å². The van der Waals surface area contributed by atoms with Crippen molar-refractivity contribution < 1.29 is 4.39 Å². The molecule has 0 spiro atoms. The van der Waals surface area contributed by atoms with E-state index in [9.17, 15) is 4.39 Å². The van der Waals surface area contributed by atoms with E-state index in [0.29, 0.717) is 11.7 Å². The van der Waals surface area contributed by atoms with Gasteiger partial charge in [-0.15, -0.1) is 0 Å². The molecule has 2 rings (SSSR count). The number of halogens is 2. The topological polar surface area (TPSA) is 15.3 Å². The first kappa shape index (κ1) is 13.8. The maximum Gasteiger partial charge on any atom is 0.146 e. The van der Waals surface area contributed by atoms with E-state index in [4.69, 9.17) is 0 Å². The van der Waals surface area contributed by atoms with Crippen LogP contribution in [-0.2, 0) is 0 Å². The van der Waals surface area contributed by atoms with Crippen LogP contribution in [0.2, 0.25) is 0 Å². The van der Waals surface area contributed by atoms with E-state index in [2.05, 4.69) is 21.2 Å². The Labute approximate surface area is 117 Å². The second kappa shape index (κ2) is 6.53. The summed E-state index contributed by atoms with van der Waals surface area (Å²) in [4.78, 5) is 2.00. The maximum atomic E-state index is 13.7. The molecule has 1 aromatic rings. The Morgan fingerprint density at radius 2 is 2.28 bits per heavy atom. The highest BCUT2D eigenvalue weighted by Crippen LogP contribution is 2.23. The highest BCUT2D eigenvalue weighted by Gasteiger charge is 2.14. The fourth-order valence-electron chi connectivity index (χ4n) is 2.42. The molecule has 1 atom stereocenters. The van der Waals surface area contributed by atoms with Crippen molar-refractivity contribution in [2.45, 2.75) is 31.7 Å². The van der Waals surface area contributed by atoms with Crippen molar-refractivity contribution in [2.24, 2.45) is 0 Å². The van der Waals surface area contributed by atoms with Crippen LogP contribution >= 0.6 is 15.9 Å². The largest absolute Gasteiger partial charge is 0.372 e. The predicted octanol–water partition coefficient (Wildman–Crippen LogP) is 3.56. The summed E-state index contributed by atoms with van der Waals surface area (Å²) in [6, 6.07) is 5.67. The molecule has 4 heteroatoms. The molecule has 18 heavy (non-hydrogen) atoms. The zero-order chi connectivity index (χ0) is 13.0. The Bertz CT molecular complexity index is 391. The van der Waals surface area contributed by atoms with E-state index in [1.54, 1.807) is 6.07 Å². The predicted molar refractivity (Wildman–Crippen MR) is 77.6 cm³/mol. The van der Waals surface area contributed by atoms with E-state index in [1.807, 2.05) is 18.0 Å². The van der Waals surface area contributed by atoms with Gasteiger partial charge in [0, 0.05) is 24.1 Å². The summed E-state index contributed by atoms with van der Waals surface area (Å²) in [6.45, 7) is 2.00. The average molecular weight is 315 g/mol. The third-order valence-corrected chi connectivity index (χ3v) is 4.04. The zero-order valence-electron chi connectivity index (χ0n) is 10.8. The van der Waals surface area contributed by atoms with Crippen LogP contribution in [0.5, 0.6) is 0 Å². The Hall–Kier alpha value is -0.610. The van der Waals surface area contributed by atoms with Gasteiger partial charge in [-0.2, -0.15) is 0 Å². The van der Waals surface area contributed by atoms with E-state index < -0.39 is 0 Å². The Morgan fingerprint density at radius 1 is 1.44 bits per heavy atom.